The molecule has 0 N–H and O–H groups in total. The minimum Gasteiger partial charge on any atom is -0.462 e. The first kappa shape index (κ1) is 13.9. The zero-order chi connectivity index (χ0) is 13.5. The predicted molar refractivity (Wildman–Crippen MR) is 67.0 cm³/mol. The van der Waals surface area contributed by atoms with Gasteiger partial charge in [-0.05, 0) is 19.1 Å². The largest absolute Gasteiger partial charge is 0.462 e. The number of Topliss-reactive ketones (excluding diaryl/α,β-unsaturated/α-hetero) is 1. The molecule has 0 saturated carbocycles. The molecule has 1 aromatic heterocycles. The van der Waals surface area contributed by atoms with Gasteiger partial charge < -0.3 is 9.64 Å². The fourth-order valence-electron chi connectivity index (χ4n) is 1.31. The maximum Gasteiger partial charge on any atom is 0.343 e. The molecule has 1 rings (SSSR count). The molecule has 0 aliphatic carbocycles. The molecular formula is C13H16N2O3. The van der Waals surface area contributed by atoms with Crippen LogP contribution in [-0.2, 0) is 9.53 Å². The summed E-state index contributed by atoms with van der Waals surface area (Å²) in [5.74, 6) is -1.08. The lowest BCUT2D eigenvalue weighted by molar-refractivity contribution is -0.138. The Hall–Kier alpha value is -2.17. The predicted octanol–water partition coefficient (Wildman–Crippen LogP) is 1.27. The van der Waals surface area contributed by atoms with E-state index in [1.54, 1.807) is 44.1 Å². The van der Waals surface area contributed by atoms with Crippen molar-refractivity contribution in [1.82, 2.24) is 9.88 Å². The Kier molecular flexibility index (Phi) is 5.05. The SMILES string of the molecule is CCOC(=O)C(=CN(C)C)C(=O)c1ccccn1. The summed E-state index contributed by atoms with van der Waals surface area (Å²) in [6.45, 7) is 1.91. The average Bonchev–Trinajstić information content (AvgIpc) is 2.36. The minimum absolute atomic E-state index is 0.0273. The van der Waals surface area contributed by atoms with E-state index in [9.17, 15) is 9.59 Å². The molecular weight excluding hydrogens is 232 g/mol. The molecule has 1 heterocycles. The Morgan fingerprint density at radius 3 is 2.61 bits per heavy atom. The number of ether oxygens (including phenoxy) is 1. The van der Waals surface area contributed by atoms with Crippen LogP contribution in [0.2, 0.25) is 0 Å². The molecule has 0 atom stereocenters. The summed E-state index contributed by atoms with van der Waals surface area (Å²) in [5, 5.41) is 0. The lowest BCUT2D eigenvalue weighted by atomic mass is 10.1. The number of carbonyl (C=O) groups is 2. The lowest BCUT2D eigenvalue weighted by Gasteiger charge is -2.10. The number of rotatable bonds is 5. The monoisotopic (exact) mass is 248 g/mol. The maximum absolute atomic E-state index is 12.1. The summed E-state index contributed by atoms with van der Waals surface area (Å²) in [6.07, 6.45) is 2.95. The van der Waals surface area contributed by atoms with E-state index in [0.717, 1.165) is 0 Å². The number of nitrogens with zero attached hydrogens (tertiary/aromatic N) is 2. The highest BCUT2D eigenvalue weighted by Gasteiger charge is 2.22. The van der Waals surface area contributed by atoms with Crippen LogP contribution in [0.25, 0.3) is 0 Å². The van der Waals surface area contributed by atoms with Crippen molar-refractivity contribution >= 4 is 11.8 Å². The minimum atomic E-state index is -0.637. The highest BCUT2D eigenvalue weighted by molar-refractivity contribution is 6.23. The van der Waals surface area contributed by atoms with Gasteiger partial charge >= 0.3 is 5.97 Å². The van der Waals surface area contributed by atoms with E-state index in [2.05, 4.69) is 4.98 Å². The van der Waals surface area contributed by atoms with E-state index in [1.807, 2.05) is 0 Å². The van der Waals surface area contributed by atoms with Crippen LogP contribution in [0.15, 0.2) is 36.2 Å². The maximum atomic E-state index is 12.1. The van der Waals surface area contributed by atoms with Crippen LogP contribution >= 0.6 is 0 Å². The fourth-order valence-corrected chi connectivity index (χ4v) is 1.31. The van der Waals surface area contributed by atoms with Gasteiger partial charge in [0.05, 0.1) is 6.61 Å². The van der Waals surface area contributed by atoms with Gasteiger partial charge in [0, 0.05) is 26.5 Å². The summed E-state index contributed by atoms with van der Waals surface area (Å²) < 4.78 is 4.87. The molecule has 0 unspecified atom stereocenters. The number of esters is 1. The van der Waals surface area contributed by atoms with Gasteiger partial charge in [0.15, 0.2) is 0 Å². The Morgan fingerprint density at radius 2 is 2.11 bits per heavy atom. The Morgan fingerprint density at radius 1 is 1.39 bits per heavy atom. The highest BCUT2D eigenvalue weighted by Crippen LogP contribution is 2.08. The quantitative estimate of drug-likeness (QED) is 0.258. The molecule has 5 heteroatoms. The molecule has 18 heavy (non-hydrogen) atoms. The van der Waals surface area contributed by atoms with Crippen molar-refractivity contribution < 1.29 is 14.3 Å². The second-order valence-electron chi connectivity index (χ2n) is 3.77. The average molecular weight is 248 g/mol. The van der Waals surface area contributed by atoms with Crippen molar-refractivity contribution in [1.29, 1.82) is 0 Å². The van der Waals surface area contributed by atoms with Gasteiger partial charge in [-0.3, -0.25) is 9.78 Å². The summed E-state index contributed by atoms with van der Waals surface area (Å²) in [6, 6.07) is 4.96. The lowest BCUT2D eigenvalue weighted by Crippen LogP contribution is -2.20. The highest BCUT2D eigenvalue weighted by atomic mass is 16.5. The summed E-state index contributed by atoms with van der Waals surface area (Å²) >= 11 is 0. The third-order valence-corrected chi connectivity index (χ3v) is 2.02. The molecule has 1 aromatic rings. The molecule has 96 valence electrons. The number of carbonyl (C=O) groups excluding carboxylic acids is 2. The van der Waals surface area contributed by atoms with Gasteiger partial charge in [0.1, 0.15) is 11.3 Å². The molecule has 0 saturated heterocycles. The Bertz CT molecular complexity index is 453. The number of hydrogen-bond donors (Lipinski definition) is 0. The molecule has 0 spiro atoms. The third-order valence-electron chi connectivity index (χ3n) is 2.02. The van der Waals surface area contributed by atoms with E-state index in [0.29, 0.717) is 0 Å². The Labute approximate surface area is 106 Å². The first-order valence-electron chi connectivity index (χ1n) is 5.57. The summed E-state index contributed by atoms with van der Waals surface area (Å²) in [4.78, 5) is 29.4. The summed E-state index contributed by atoms with van der Waals surface area (Å²) in [7, 11) is 3.45. The molecule has 0 fully saturated rings. The van der Waals surface area contributed by atoms with Crippen molar-refractivity contribution in [3.63, 3.8) is 0 Å². The van der Waals surface area contributed by atoms with Crippen molar-refractivity contribution in [3.8, 4) is 0 Å². The van der Waals surface area contributed by atoms with Gasteiger partial charge in [-0.1, -0.05) is 6.07 Å². The topological polar surface area (TPSA) is 59.5 Å². The first-order chi connectivity index (χ1) is 8.56. The molecule has 0 aromatic carbocycles. The van der Waals surface area contributed by atoms with Gasteiger partial charge in [-0.15, -0.1) is 0 Å². The van der Waals surface area contributed by atoms with Crippen molar-refractivity contribution in [3.05, 3.63) is 41.9 Å². The number of ketones is 1. The second kappa shape index (κ2) is 6.54. The van der Waals surface area contributed by atoms with Crippen LogP contribution in [0.1, 0.15) is 17.4 Å². The van der Waals surface area contributed by atoms with Crippen LogP contribution in [-0.4, -0.2) is 42.3 Å². The zero-order valence-electron chi connectivity index (χ0n) is 10.7. The Balaban J connectivity index is 3.05. The third kappa shape index (κ3) is 3.69. The van der Waals surface area contributed by atoms with Gasteiger partial charge in [0.2, 0.25) is 5.78 Å². The van der Waals surface area contributed by atoms with Crippen LogP contribution in [0, 0.1) is 0 Å². The second-order valence-corrected chi connectivity index (χ2v) is 3.77. The molecule has 0 bridgehead atoms. The van der Waals surface area contributed by atoms with Crippen molar-refractivity contribution in [2.24, 2.45) is 0 Å². The van der Waals surface area contributed by atoms with Gasteiger partial charge in [0.25, 0.3) is 0 Å². The fraction of sp³-hybridized carbons (Fsp3) is 0.308. The van der Waals surface area contributed by atoms with Gasteiger partial charge in [-0.2, -0.15) is 0 Å². The van der Waals surface area contributed by atoms with E-state index < -0.39 is 11.8 Å². The number of pyridine rings is 1. The first-order valence-corrected chi connectivity index (χ1v) is 5.57. The van der Waals surface area contributed by atoms with E-state index in [1.165, 1.54) is 12.4 Å². The standard InChI is InChI=1S/C13H16N2O3/c1-4-18-13(17)10(9-15(2)3)12(16)11-7-5-6-8-14-11/h5-9H,4H2,1-3H3. The molecule has 0 amide bonds. The van der Waals surface area contributed by atoms with Gasteiger partial charge in [-0.25, -0.2) is 4.79 Å². The summed E-state index contributed by atoms with van der Waals surface area (Å²) in [5.41, 5.74) is 0.194. The van der Waals surface area contributed by atoms with Crippen molar-refractivity contribution in [2.75, 3.05) is 20.7 Å². The molecule has 0 aliphatic heterocycles. The van der Waals surface area contributed by atoms with Crippen LogP contribution in [0.3, 0.4) is 0 Å². The van der Waals surface area contributed by atoms with E-state index in [4.69, 9.17) is 4.74 Å². The van der Waals surface area contributed by atoms with Crippen LogP contribution in [0.5, 0.6) is 0 Å². The normalized spacial score (nSPS) is 10.9. The van der Waals surface area contributed by atoms with Crippen molar-refractivity contribution in [2.45, 2.75) is 6.92 Å². The van der Waals surface area contributed by atoms with Crippen LogP contribution < -0.4 is 0 Å². The van der Waals surface area contributed by atoms with E-state index >= 15 is 0 Å². The molecule has 0 radical (unpaired) electrons. The van der Waals surface area contributed by atoms with Crippen LogP contribution in [0.4, 0.5) is 0 Å². The number of hydrogen-bond acceptors (Lipinski definition) is 5. The van der Waals surface area contributed by atoms with E-state index in [-0.39, 0.29) is 17.9 Å². The number of aromatic nitrogens is 1. The molecule has 5 nitrogen and oxygen atoms in total. The zero-order valence-corrected chi connectivity index (χ0v) is 10.7. The molecule has 0 aliphatic rings. The smallest absolute Gasteiger partial charge is 0.343 e.